The van der Waals surface area contributed by atoms with Crippen LogP contribution in [0.5, 0.6) is 11.5 Å². The molecule has 140 valence electrons. The van der Waals surface area contributed by atoms with Gasteiger partial charge in [-0.05, 0) is 31.2 Å². The van der Waals surface area contributed by atoms with Gasteiger partial charge in [0.05, 0.1) is 25.6 Å². The molecular weight excluding hydrogens is 362 g/mol. The standard InChI is InChI=1S/C20H21N3O3S/c1-13-18(27-19(22-13)16-7-5-6-10-21-16)20(24)23(2)12-14-8-9-15(25-3)11-17(14)26-4/h5-11H,12H2,1-4H3. The Morgan fingerprint density at radius 1 is 1.19 bits per heavy atom. The second-order valence-corrected chi connectivity index (χ2v) is 6.99. The molecule has 0 atom stereocenters. The van der Waals surface area contributed by atoms with Crippen LogP contribution in [0.4, 0.5) is 0 Å². The lowest BCUT2D eigenvalue weighted by atomic mass is 10.1. The van der Waals surface area contributed by atoms with Crippen LogP contribution in [-0.4, -0.2) is 42.0 Å². The van der Waals surface area contributed by atoms with Crippen LogP contribution in [0, 0.1) is 6.92 Å². The molecule has 1 aromatic carbocycles. The number of hydrogen-bond donors (Lipinski definition) is 0. The maximum Gasteiger partial charge on any atom is 0.265 e. The van der Waals surface area contributed by atoms with E-state index in [4.69, 9.17) is 9.47 Å². The van der Waals surface area contributed by atoms with Crippen LogP contribution >= 0.6 is 11.3 Å². The van der Waals surface area contributed by atoms with Crippen LogP contribution in [0.1, 0.15) is 20.9 Å². The number of aromatic nitrogens is 2. The minimum absolute atomic E-state index is 0.0787. The largest absolute Gasteiger partial charge is 0.497 e. The van der Waals surface area contributed by atoms with Gasteiger partial charge in [-0.25, -0.2) is 4.98 Å². The molecule has 0 aliphatic rings. The average molecular weight is 383 g/mol. The molecule has 2 heterocycles. The van der Waals surface area contributed by atoms with Crippen LogP contribution < -0.4 is 9.47 Å². The molecule has 0 aliphatic carbocycles. The Morgan fingerprint density at radius 2 is 2.00 bits per heavy atom. The average Bonchev–Trinajstić information content (AvgIpc) is 3.09. The van der Waals surface area contributed by atoms with Crippen LogP contribution in [-0.2, 0) is 6.54 Å². The molecule has 3 aromatic rings. The van der Waals surface area contributed by atoms with Gasteiger partial charge in [-0.2, -0.15) is 0 Å². The summed E-state index contributed by atoms with van der Waals surface area (Å²) in [5.41, 5.74) is 2.38. The molecule has 3 rings (SSSR count). The maximum atomic E-state index is 12.9. The number of thiazole rings is 1. The molecule has 0 radical (unpaired) electrons. The molecule has 1 amide bonds. The number of pyridine rings is 1. The number of rotatable bonds is 6. The van der Waals surface area contributed by atoms with E-state index >= 15 is 0 Å². The van der Waals surface area contributed by atoms with Gasteiger partial charge >= 0.3 is 0 Å². The second-order valence-electron chi connectivity index (χ2n) is 5.99. The predicted octanol–water partition coefficient (Wildman–Crippen LogP) is 3.80. The quantitative estimate of drug-likeness (QED) is 0.648. The zero-order valence-corrected chi connectivity index (χ0v) is 16.5. The van der Waals surface area contributed by atoms with E-state index in [0.717, 1.165) is 16.3 Å². The third-order valence-corrected chi connectivity index (χ3v) is 5.29. The van der Waals surface area contributed by atoms with E-state index in [1.807, 2.05) is 43.3 Å². The summed E-state index contributed by atoms with van der Waals surface area (Å²) in [6, 6.07) is 11.2. The molecule has 0 bridgehead atoms. The van der Waals surface area contributed by atoms with Crippen molar-refractivity contribution in [2.24, 2.45) is 0 Å². The first-order chi connectivity index (χ1) is 13.0. The Hall–Kier alpha value is -2.93. The van der Waals surface area contributed by atoms with Crippen LogP contribution in [0.15, 0.2) is 42.6 Å². The van der Waals surface area contributed by atoms with Gasteiger partial charge in [-0.15, -0.1) is 11.3 Å². The molecule has 0 spiro atoms. The number of aryl methyl sites for hydroxylation is 1. The minimum Gasteiger partial charge on any atom is -0.497 e. The summed E-state index contributed by atoms with van der Waals surface area (Å²) in [7, 11) is 4.98. The molecule has 0 unspecified atom stereocenters. The van der Waals surface area contributed by atoms with Gasteiger partial charge in [0, 0.05) is 31.4 Å². The first-order valence-corrected chi connectivity index (χ1v) is 9.20. The molecule has 6 nitrogen and oxygen atoms in total. The Balaban J connectivity index is 1.81. The van der Waals surface area contributed by atoms with Gasteiger partial charge in [0.2, 0.25) is 0 Å². The van der Waals surface area contributed by atoms with Crippen molar-refractivity contribution in [3.8, 4) is 22.2 Å². The van der Waals surface area contributed by atoms with Crippen LogP contribution in [0.25, 0.3) is 10.7 Å². The van der Waals surface area contributed by atoms with Crippen molar-refractivity contribution in [1.29, 1.82) is 0 Å². The molecule has 27 heavy (non-hydrogen) atoms. The SMILES string of the molecule is COc1ccc(CN(C)C(=O)c2sc(-c3ccccn3)nc2C)c(OC)c1. The fraction of sp³-hybridized carbons (Fsp3) is 0.250. The van der Waals surface area contributed by atoms with Crippen LogP contribution in [0.2, 0.25) is 0 Å². The van der Waals surface area contributed by atoms with E-state index in [9.17, 15) is 4.79 Å². The Kier molecular flexibility index (Phi) is 5.71. The Labute approximate surface area is 162 Å². The summed E-state index contributed by atoms with van der Waals surface area (Å²) >= 11 is 1.36. The number of carbonyl (C=O) groups excluding carboxylic acids is 1. The van der Waals surface area contributed by atoms with Crippen molar-refractivity contribution in [1.82, 2.24) is 14.9 Å². The lowest BCUT2D eigenvalue weighted by molar-refractivity contribution is 0.0788. The highest BCUT2D eigenvalue weighted by molar-refractivity contribution is 7.17. The molecule has 7 heteroatoms. The van der Waals surface area contributed by atoms with E-state index in [1.165, 1.54) is 11.3 Å². The van der Waals surface area contributed by atoms with Gasteiger partial charge in [-0.1, -0.05) is 6.07 Å². The lowest BCUT2D eigenvalue weighted by Crippen LogP contribution is -2.26. The summed E-state index contributed by atoms with van der Waals surface area (Å²) in [6.07, 6.45) is 1.72. The molecule has 0 saturated carbocycles. The highest BCUT2D eigenvalue weighted by Crippen LogP contribution is 2.29. The van der Waals surface area contributed by atoms with Gasteiger partial charge in [0.15, 0.2) is 0 Å². The molecule has 0 N–H and O–H groups in total. The topological polar surface area (TPSA) is 64.5 Å². The summed E-state index contributed by atoms with van der Waals surface area (Å²) in [5.74, 6) is 1.32. The summed E-state index contributed by atoms with van der Waals surface area (Å²) < 4.78 is 10.6. The molecule has 2 aromatic heterocycles. The third kappa shape index (κ3) is 4.09. The number of benzene rings is 1. The Morgan fingerprint density at radius 3 is 2.67 bits per heavy atom. The van der Waals surface area contributed by atoms with Crippen molar-refractivity contribution in [2.75, 3.05) is 21.3 Å². The zero-order chi connectivity index (χ0) is 19.4. The van der Waals surface area contributed by atoms with E-state index in [1.54, 1.807) is 32.4 Å². The van der Waals surface area contributed by atoms with Crippen molar-refractivity contribution < 1.29 is 14.3 Å². The fourth-order valence-corrected chi connectivity index (χ4v) is 3.71. The predicted molar refractivity (Wildman–Crippen MR) is 105 cm³/mol. The third-order valence-electron chi connectivity index (χ3n) is 4.12. The highest BCUT2D eigenvalue weighted by Gasteiger charge is 2.21. The number of amides is 1. The van der Waals surface area contributed by atoms with Crippen molar-refractivity contribution >= 4 is 17.2 Å². The van der Waals surface area contributed by atoms with Gasteiger partial charge in [0.25, 0.3) is 5.91 Å². The monoisotopic (exact) mass is 383 g/mol. The van der Waals surface area contributed by atoms with Gasteiger partial charge in [0.1, 0.15) is 21.4 Å². The first-order valence-electron chi connectivity index (χ1n) is 8.38. The highest BCUT2D eigenvalue weighted by atomic mass is 32.1. The van der Waals surface area contributed by atoms with Crippen molar-refractivity contribution in [3.63, 3.8) is 0 Å². The lowest BCUT2D eigenvalue weighted by Gasteiger charge is -2.19. The van der Waals surface area contributed by atoms with Crippen LogP contribution in [0.3, 0.4) is 0 Å². The van der Waals surface area contributed by atoms with E-state index in [2.05, 4.69) is 9.97 Å². The number of nitrogens with zero attached hydrogens (tertiary/aromatic N) is 3. The van der Waals surface area contributed by atoms with Gasteiger partial charge < -0.3 is 14.4 Å². The smallest absolute Gasteiger partial charge is 0.265 e. The zero-order valence-electron chi connectivity index (χ0n) is 15.7. The normalized spacial score (nSPS) is 10.5. The summed E-state index contributed by atoms with van der Waals surface area (Å²) in [5, 5.41) is 0.742. The van der Waals surface area contributed by atoms with Gasteiger partial charge in [-0.3, -0.25) is 9.78 Å². The molecule has 0 fully saturated rings. The van der Waals surface area contributed by atoms with E-state index in [-0.39, 0.29) is 5.91 Å². The number of carbonyl (C=O) groups is 1. The molecule has 0 saturated heterocycles. The molecule has 0 aliphatic heterocycles. The number of ether oxygens (including phenoxy) is 2. The van der Waals surface area contributed by atoms with E-state index < -0.39 is 0 Å². The Bertz CT molecular complexity index is 941. The minimum atomic E-state index is -0.0787. The summed E-state index contributed by atoms with van der Waals surface area (Å²) in [6.45, 7) is 2.26. The molecular formula is C20H21N3O3S. The van der Waals surface area contributed by atoms with Crippen molar-refractivity contribution in [2.45, 2.75) is 13.5 Å². The second kappa shape index (κ2) is 8.18. The number of hydrogen-bond acceptors (Lipinski definition) is 6. The number of methoxy groups -OCH3 is 2. The van der Waals surface area contributed by atoms with Crippen molar-refractivity contribution in [3.05, 3.63) is 58.7 Å². The fourth-order valence-electron chi connectivity index (χ4n) is 2.68. The maximum absolute atomic E-state index is 12.9. The summed E-state index contributed by atoms with van der Waals surface area (Å²) in [4.78, 5) is 24.0. The van der Waals surface area contributed by atoms with E-state index in [0.29, 0.717) is 28.6 Å². The first kappa shape index (κ1) is 18.8.